The van der Waals surface area contributed by atoms with E-state index < -0.39 is 0 Å². The number of carbonyl (C=O) groups excluding carboxylic acids is 1. The maximum atomic E-state index is 12.7. The Balaban J connectivity index is 2.39. The van der Waals surface area contributed by atoms with Crippen molar-refractivity contribution in [3.05, 3.63) is 51.8 Å². The van der Waals surface area contributed by atoms with Gasteiger partial charge >= 0.3 is 0 Å². The van der Waals surface area contributed by atoms with Gasteiger partial charge in [-0.1, -0.05) is 30.7 Å². The largest absolute Gasteiger partial charge is 0.493 e. The number of hydrogen-bond acceptors (Lipinski definition) is 3. The second-order valence-corrected chi connectivity index (χ2v) is 5.86. The van der Waals surface area contributed by atoms with Crippen LogP contribution in [-0.4, -0.2) is 17.5 Å². The average molecular weight is 333 g/mol. The molecular formula is C18H21ClN2O2. The summed E-state index contributed by atoms with van der Waals surface area (Å²) in [5.74, 6) is 0.288. The van der Waals surface area contributed by atoms with Crippen molar-refractivity contribution >= 4 is 23.2 Å². The fourth-order valence-electron chi connectivity index (χ4n) is 2.36. The summed E-state index contributed by atoms with van der Waals surface area (Å²) in [4.78, 5) is 17.1. The number of benzene rings is 1. The Hall–Kier alpha value is -2.07. The van der Waals surface area contributed by atoms with Crippen LogP contribution in [0.3, 0.4) is 0 Å². The predicted octanol–water partition coefficient (Wildman–Crippen LogP) is 4.70. The molecular weight excluding hydrogens is 312 g/mol. The Morgan fingerprint density at radius 2 is 2.04 bits per heavy atom. The van der Waals surface area contributed by atoms with Gasteiger partial charge in [-0.25, -0.2) is 0 Å². The normalized spacial score (nSPS) is 10.5. The number of carbonyl (C=O) groups is 1. The molecule has 0 aliphatic heterocycles. The highest BCUT2D eigenvalue weighted by atomic mass is 35.5. The Morgan fingerprint density at radius 3 is 2.70 bits per heavy atom. The van der Waals surface area contributed by atoms with Gasteiger partial charge in [0.05, 0.1) is 23.0 Å². The van der Waals surface area contributed by atoms with Gasteiger partial charge in [-0.2, -0.15) is 0 Å². The van der Waals surface area contributed by atoms with E-state index in [0.717, 1.165) is 17.7 Å². The van der Waals surface area contributed by atoms with Gasteiger partial charge in [-0.15, -0.1) is 0 Å². The summed E-state index contributed by atoms with van der Waals surface area (Å²) in [6.07, 6.45) is 0.866. The molecule has 1 aromatic carbocycles. The second kappa shape index (κ2) is 7.47. The van der Waals surface area contributed by atoms with Crippen LogP contribution in [0, 0.1) is 20.8 Å². The molecule has 0 saturated carbocycles. The zero-order chi connectivity index (χ0) is 17.0. The van der Waals surface area contributed by atoms with E-state index >= 15 is 0 Å². The SMILES string of the molecule is CCCOc1cc(C)nc(C)c1C(=O)Nc1c(C)cccc1Cl. The molecule has 0 radical (unpaired) electrons. The minimum absolute atomic E-state index is 0.266. The van der Waals surface area contributed by atoms with E-state index in [1.807, 2.05) is 32.9 Å². The molecule has 2 aromatic rings. The third-order valence-corrected chi connectivity index (χ3v) is 3.76. The third-order valence-electron chi connectivity index (χ3n) is 3.44. The van der Waals surface area contributed by atoms with Crippen LogP contribution in [0.15, 0.2) is 24.3 Å². The fraction of sp³-hybridized carbons (Fsp3) is 0.333. The first-order valence-corrected chi connectivity index (χ1v) is 7.99. The first-order chi connectivity index (χ1) is 10.9. The molecule has 23 heavy (non-hydrogen) atoms. The molecule has 0 aliphatic carbocycles. The van der Waals surface area contributed by atoms with Crippen molar-refractivity contribution in [1.82, 2.24) is 4.98 Å². The van der Waals surface area contributed by atoms with E-state index in [0.29, 0.717) is 34.3 Å². The fourth-order valence-corrected chi connectivity index (χ4v) is 2.63. The molecule has 0 atom stereocenters. The Kier molecular flexibility index (Phi) is 5.61. The van der Waals surface area contributed by atoms with Gasteiger partial charge in [-0.3, -0.25) is 9.78 Å². The highest BCUT2D eigenvalue weighted by Crippen LogP contribution is 2.28. The van der Waals surface area contributed by atoms with E-state index in [4.69, 9.17) is 16.3 Å². The summed E-state index contributed by atoms with van der Waals surface area (Å²) in [5, 5.41) is 3.39. The van der Waals surface area contributed by atoms with Crippen molar-refractivity contribution in [3.8, 4) is 5.75 Å². The molecule has 2 rings (SSSR count). The number of para-hydroxylation sites is 1. The van der Waals surface area contributed by atoms with Gasteiger partial charge in [0.25, 0.3) is 5.91 Å². The molecule has 0 spiro atoms. The summed E-state index contributed by atoms with van der Waals surface area (Å²) in [6, 6.07) is 7.29. The Morgan fingerprint density at radius 1 is 1.30 bits per heavy atom. The monoisotopic (exact) mass is 332 g/mol. The van der Waals surface area contributed by atoms with Gasteiger partial charge in [0.1, 0.15) is 11.3 Å². The van der Waals surface area contributed by atoms with E-state index in [1.165, 1.54) is 0 Å². The molecule has 1 aromatic heterocycles. The van der Waals surface area contributed by atoms with Crippen molar-refractivity contribution in [2.45, 2.75) is 34.1 Å². The Bertz CT molecular complexity index is 709. The van der Waals surface area contributed by atoms with Crippen molar-refractivity contribution in [3.63, 3.8) is 0 Å². The van der Waals surface area contributed by atoms with Crippen molar-refractivity contribution in [1.29, 1.82) is 0 Å². The lowest BCUT2D eigenvalue weighted by Gasteiger charge is -2.15. The van der Waals surface area contributed by atoms with Gasteiger partial charge in [-0.05, 0) is 38.8 Å². The highest BCUT2D eigenvalue weighted by Gasteiger charge is 2.19. The number of ether oxygens (including phenoxy) is 1. The number of nitrogens with zero attached hydrogens (tertiary/aromatic N) is 1. The summed E-state index contributed by atoms with van der Waals surface area (Å²) in [7, 11) is 0. The summed E-state index contributed by atoms with van der Waals surface area (Å²) < 4.78 is 5.73. The number of halogens is 1. The summed E-state index contributed by atoms with van der Waals surface area (Å²) in [6.45, 7) is 8.16. The first kappa shape index (κ1) is 17.3. The van der Waals surface area contributed by atoms with Crippen LogP contribution in [0.4, 0.5) is 5.69 Å². The molecule has 1 amide bonds. The number of aryl methyl sites for hydroxylation is 3. The first-order valence-electron chi connectivity index (χ1n) is 7.61. The third kappa shape index (κ3) is 4.02. The molecule has 0 fully saturated rings. The minimum Gasteiger partial charge on any atom is -0.493 e. The van der Waals surface area contributed by atoms with Crippen molar-refractivity contribution in [2.24, 2.45) is 0 Å². The van der Waals surface area contributed by atoms with Crippen LogP contribution in [0.5, 0.6) is 5.75 Å². The van der Waals surface area contributed by atoms with Crippen LogP contribution < -0.4 is 10.1 Å². The predicted molar refractivity (Wildman–Crippen MR) is 93.6 cm³/mol. The minimum atomic E-state index is -0.266. The molecule has 0 saturated heterocycles. The van der Waals surface area contributed by atoms with E-state index in [1.54, 1.807) is 19.1 Å². The zero-order valence-electron chi connectivity index (χ0n) is 13.9. The number of amides is 1. The number of rotatable bonds is 5. The number of hydrogen-bond donors (Lipinski definition) is 1. The van der Waals surface area contributed by atoms with E-state index in [9.17, 15) is 4.79 Å². The number of aromatic nitrogens is 1. The second-order valence-electron chi connectivity index (χ2n) is 5.46. The lowest BCUT2D eigenvalue weighted by molar-refractivity contribution is 0.102. The average Bonchev–Trinajstić information content (AvgIpc) is 2.48. The van der Waals surface area contributed by atoms with Crippen LogP contribution in [0.1, 0.15) is 40.7 Å². The molecule has 122 valence electrons. The molecule has 1 heterocycles. The number of nitrogens with one attached hydrogen (secondary N) is 1. The molecule has 0 bridgehead atoms. The highest BCUT2D eigenvalue weighted by molar-refractivity contribution is 6.34. The number of anilines is 1. The quantitative estimate of drug-likeness (QED) is 0.863. The maximum Gasteiger partial charge on any atom is 0.261 e. The molecule has 0 aliphatic rings. The zero-order valence-corrected chi connectivity index (χ0v) is 14.6. The molecule has 0 unspecified atom stereocenters. The van der Waals surface area contributed by atoms with Gasteiger partial charge in [0.15, 0.2) is 0 Å². The lowest BCUT2D eigenvalue weighted by atomic mass is 10.1. The van der Waals surface area contributed by atoms with Crippen LogP contribution >= 0.6 is 11.6 Å². The molecule has 5 heteroatoms. The van der Waals surface area contributed by atoms with Crippen molar-refractivity contribution in [2.75, 3.05) is 11.9 Å². The van der Waals surface area contributed by atoms with Gasteiger partial charge in [0, 0.05) is 11.8 Å². The summed E-state index contributed by atoms with van der Waals surface area (Å²) >= 11 is 6.19. The molecule has 1 N–H and O–H groups in total. The topological polar surface area (TPSA) is 51.2 Å². The standard InChI is InChI=1S/C18H21ClN2O2/c1-5-9-23-15-10-12(3)20-13(4)16(15)18(22)21-17-11(2)7-6-8-14(17)19/h6-8,10H,5,9H2,1-4H3,(H,21,22). The molecule has 4 nitrogen and oxygen atoms in total. The van der Waals surface area contributed by atoms with Gasteiger partial charge in [0.2, 0.25) is 0 Å². The lowest BCUT2D eigenvalue weighted by Crippen LogP contribution is -2.17. The smallest absolute Gasteiger partial charge is 0.261 e. The summed E-state index contributed by atoms with van der Waals surface area (Å²) in [5.41, 5.74) is 3.42. The van der Waals surface area contributed by atoms with Crippen LogP contribution in [0.2, 0.25) is 5.02 Å². The van der Waals surface area contributed by atoms with E-state index in [2.05, 4.69) is 10.3 Å². The van der Waals surface area contributed by atoms with Gasteiger partial charge < -0.3 is 10.1 Å². The van der Waals surface area contributed by atoms with Crippen LogP contribution in [-0.2, 0) is 0 Å². The van der Waals surface area contributed by atoms with E-state index in [-0.39, 0.29) is 5.91 Å². The number of pyridine rings is 1. The van der Waals surface area contributed by atoms with Crippen molar-refractivity contribution < 1.29 is 9.53 Å². The maximum absolute atomic E-state index is 12.7. The van der Waals surface area contributed by atoms with Crippen LogP contribution in [0.25, 0.3) is 0 Å². The Labute approximate surface area is 141 Å².